The van der Waals surface area contributed by atoms with Gasteiger partial charge in [0.15, 0.2) is 5.16 Å². The fourth-order valence-corrected chi connectivity index (χ4v) is 6.39. The van der Waals surface area contributed by atoms with Crippen molar-refractivity contribution in [2.24, 2.45) is 5.92 Å². The number of carbonyl (C=O) groups is 1. The third kappa shape index (κ3) is 3.08. The highest BCUT2D eigenvalue weighted by molar-refractivity contribution is 8.00. The van der Waals surface area contributed by atoms with E-state index in [1.807, 2.05) is 6.07 Å². The van der Waals surface area contributed by atoms with Crippen LogP contribution in [0.5, 0.6) is 0 Å². The number of nitrogens with zero attached hydrogens (tertiary/aromatic N) is 2. The van der Waals surface area contributed by atoms with Crippen LogP contribution in [0.15, 0.2) is 32.8 Å². The van der Waals surface area contributed by atoms with Crippen LogP contribution in [0.25, 0.3) is 10.2 Å². The quantitative estimate of drug-likeness (QED) is 0.478. The number of thioether (sulfide) groups is 1. The first kappa shape index (κ1) is 18.0. The zero-order valence-corrected chi connectivity index (χ0v) is 17.1. The van der Waals surface area contributed by atoms with Crippen LogP contribution in [0.3, 0.4) is 0 Å². The second-order valence-corrected chi connectivity index (χ2v) is 9.71. The topological polar surface area (TPSA) is 74.3 Å². The molecule has 0 unspecified atom stereocenters. The van der Waals surface area contributed by atoms with Gasteiger partial charge < -0.3 is 9.15 Å². The molecule has 0 saturated carbocycles. The zero-order chi connectivity index (χ0) is 19.3. The minimum absolute atomic E-state index is 0.0395. The second kappa shape index (κ2) is 7.08. The van der Waals surface area contributed by atoms with E-state index < -0.39 is 0 Å². The summed E-state index contributed by atoms with van der Waals surface area (Å²) in [6.45, 7) is 2.98. The Labute approximate surface area is 169 Å². The molecule has 0 aromatic carbocycles. The minimum atomic E-state index is -0.318. The molecule has 0 amide bonds. The SMILES string of the molecule is C[C@@H]1CCc2c(sc3nc(S[C@@H]4CCOC4=O)n(Cc4ccco4)c(=O)c23)C1. The van der Waals surface area contributed by atoms with Gasteiger partial charge in [0.2, 0.25) is 0 Å². The molecule has 146 valence electrons. The number of cyclic esters (lactones) is 1. The molecule has 28 heavy (non-hydrogen) atoms. The summed E-state index contributed by atoms with van der Waals surface area (Å²) in [6.07, 6.45) is 5.26. The molecular weight excluding hydrogens is 396 g/mol. The standard InChI is InChI=1S/C20H20N2O4S2/c1-11-4-5-13-15(9-11)27-17-16(13)18(23)22(10-12-3-2-7-25-12)20(21-17)28-14-6-8-26-19(14)24/h2-3,7,11,14H,4-6,8-10H2,1H3/t11-,14-/m1/s1. The Bertz CT molecular complexity index is 1100. The highest BCUT2D eigenvalue weighted by atomic mass is 32.2. The van der Waals surface area contributed by atoms with E-state index in [1.54, 1.807) is 28.2 Å². The summed E-state index contributed by atoms with van der Waals surface area (Å²) < 4.78 is 12.2. The van der Waals surface area contributed by atoms with E-state index in [2.05, 4.69) is 6.92 Å². The number of rotatable bonds is 4. The summed E-state index contributed by atoms with van der Waals surface area (Å²) in [5, 5.41) is 0.989. The Hall–Kier alpha value is -2.06. The highest BCUT2D eigenvalue weighted by Crippen LogP contribution is 2.37. The van der Waals surface area contributed by atoms with Gasteiger partial charge in [0.05, 0.1) is 24.8 Å². The number of fused-ring (bicyclic) bond motifs is 3. The summed E-state index contributed by atoms with van der Waals surface area (Å²) >= 11 is 2.96. The van der Waals surface area contributed by atoms with Crippen LogP contribution in [-0.4, -0.2) is 27.4 Å². The molecule has 8 heteroatoms. The van der Waals surface area contributed by atoms with Crippen LogP contribution in [0.2, 0.25) is 0 Å². The number of hydrogen-bond acceptors (Lipinski definition) is 7. The van der Waals surface area contributed by atoms with Gasteiger partial charge in [0, 0.05) is 11.3 Å². The van der Waals surface area contributed by atoms with Crippen LogP contribution in [0.4, 0.5) is 0 Å². The first-order chi connectivity index (χ1) is 13.6. The third-order valence-electron chi connectivity index (χ3n) is 5.41. The van der Waals surface area contributed by atoms with Crippen LogP contribution in [0.1, 0.15) is 36.0 Å². The molecule has 3 aromatic rings. The van der Waals surface area contributed by atoms with Crippen molar-refractivity contribution in [2.45, 2.75) is 49.6 Å². The van der Waals surface area contributed by atoms with Gasteiger partial charge in [-0.2, -0.15) is 0 Å². The molecule has 2 aliphatic rings. The van der Waals surface area contributed by atoms with Crippen molar-refractivity contribution in [1.82, 2.24) is 9.55 Å². The smallest absolute Gasteiger partial charge is 0.319 e. The van der Waals surface area contributed by atoms with Crippen molar-refractivity contribution in [2.75, 3.05) is 6.61 Å². The van der Waals surface area contributed by atoms with Gasteiger partial charge in [-0.15, -0.1) is 11.3 Å². The molecule has 1 saturated heterocycles. The van der Waals surface area contributed by atoms with Gasteiger partial charge in [-0.05, 0) is 42.9 Å². The van der Waals surface area contributed by atoms with Crippen molar-refractivity contribution >= 4 is 39.3 Å². The summed E-state index contributed by atoms with van der Waals surface area (Å²) in [6, 6.07) is 3.65. The largest absolute Gasteiger partial charge is 0.467 e. The van der Waals surface area contributed by atoms with Crippen molar-refractivity contribution < 1.29 is 13.9 Å². The number of aryl methyl sites for hydroxylation is 1. The summed E-state index contributed by atoms with van der Waals surface area (Å²) in [5.74, 6) is 1.09. The Balaban J connectivity index is 1.65. The molecule has 3 aromatic heterocycles. The van der Waals surface area contributed by atoms with E-state index in [0.717, 1.165) is 29.5 Å². The van der Waals surface area contributed by atoms with Crippen molar-refractivity contribution in [3.05, 3.63) is 45.0 Å². The summed E-state index contributed by atoms with van der Waals surface area (Å²) in [4.78, 5) is 32.4. The molecule has 6 nitrogen and oxygen atoms in total. The van der Waals surface area contributed by atoms with E-state index in [4.69, 9.17) is 14.1 Å². The Kier molecular flexibility index (Phi) is 4.55. The number of carbonyl (C=O) groups excluding carboxylic acids is 1. The number of hydrogen-bond donors (Lipinski definition) is 0. The molecule has 0 spiro atoms. The first-order valence-corrected chi connectivity index (χ1v) is 11.2. The molecular formula is C20H20N2O4S2. The maximum absolute atomic E-state index is 13.5. The lowest BCUT2D eigenvalue weighted by atomic mass is 9.89. The number of thiophene rings is 1. The Morgan fingerprint density at radius 3 is 3.00 bits per heavy atom. The van der Waals surface area contributed by atoms with Crippen molar-refractivity contribution in [1.29, 1.82) is 0 Å². The zero-order valence-electron chi connectivity index (χ0n) is 15.5. The molecule has 4 heterocycles. The lowest BCUT2D eigenvalue weighted by Crippen LogP contribution is -2.25. The number of aromatic nitrogens is 2. The van der Waals surface area contributed by atoms with Crippen molar-refractivity contribution in [3.8, 4) is 0 Å². The molecule has 1 aliphatic carbocycles. The fourth-order valence-electron chi connectivity index (χ4n) is 3.90. The van der Waals surface area contributed by atoms with Crippen LogP contribution in [0, 0.1) is 5.92 Å². The van der Waals surface area contributed by atoms with Gasteiger partial charge in [0.1, 0.15) is 15.8 Å². The maximum atomic E-state index is 13.5. The van der Waals surface area contributed by atoms with E-state index in [9.17, 15) is 9.59 Å². The predicted molar refractivity (Wildman–Crippen MR) is 108 cm³/mol. The van der Waals surface area contributed by atoms with Gasteiger partial charge in [0.25, 0.3) is 5.56 Å². The molecule has 1 aliphatic heterocycles. The van der Waals surface area contributed by atoms with Crippen molar-refractivity contribution in [3.63, 3.8) is 0 Å². The highest BCUT2D eigenvalue weighted by Gasteiger charge is 2.31. The van der Waals surface area contributed by atoms with Gasteiger partial charge in [-0.3, -0.25) is 14.2 Å². The first-order valence-electron chi connectivity index (χ1n) is 9.51. The lowest BCUT2D eigenvalue weighted by molar-refractivity contribution is -0.137. The van der Waals surface area contributed by atoms with Crippen LogP contribution < -0.4 is 5.56 Å². The van der Waals surface area contributed by atoms with Crippen LogP contribution in [-0.2, 0) is 28.9 Å². The van der Waals surface area contributed by atoms with E-state index in [-0.39, 0.29) is 16.8 Å². The van der Waals surface area contributed by atoms with E-state index in [1.165, 1.54) is 22.2 Å². The number of ether oxygens (including phenoxy) is 1. The lowest BCUT2D eigenvalue weighted by Gasteiger charge is -2.17. The normalized spacial score (nSPS) is 21.8. The fraction of sp³-hybridized carbons (Fsp3) is 0.450. The molecule has 1 fully saturated rings. The number of furan rings is 1. The van der Waals surface area contributed by atoms with Gasteiger partial charge >= 0.3 is 5.97 Å². The molecule has 2 atom stereocenters. The Morgan fingerprint density at radius 2 is 2.25 bits per heavy atom. The number of esters is 1. The molecule has 0 radical (unpaired) electrons. The molecule has 5 rings (SSSR count). The molecule has 0 bridgehead atoms. The maximum Gasteiger partial charge on any atom is 0.319 e. The average molecular weight is 417 g/mol. The van der Waals surface area contributed by atoms with E-state index in [0.29, 0.717) is 36.4 Å². The van der Waals surface area contributed by atoms with Crippen LogP contribution >= 0.6 is 23.1 Å². The molecule has 0 N–H and O–H groups in total. The van der Waals surface area contributed by atoms with E-state index >= 15 is 0 Å². The average Bonchev–Trinajstić information content (AvgIpc) is 3.39. The Morgan fingerprint density at radius 1 is 1.36 bits per heavy atom. The predicted octanol–water partition coefficient (Wildman–Crippen LogP) is 3.63. The van der Waals surface area contributed by atoms with Gasteiger partial charge in [-0.25, -0.2) is 4.98 Å². The summed E-state index contributed by atoms with van der Waals surface area (Å²) in [5.41, 5.74) is 1.13. The monoisotopic (exact) mass is 416 g/mol. The van der Waals surface area contributed by atoms with Gasteiger partial charge in [-0.1, -0.05) is 18.7 Å². The third-order valence-corrected chi connectivity index (χ3v) is 7.79. The summed E-state index contributed by atoms with van der Waals surface area (Å²) in [7, 11) is 0. The minimum Gasteiger partial charge on any atom is -0.467 e. The second-order valence-electron chi connectivity index (χ2n) is 7.46.